The fraction of sp³-hybridized carbons (Fsp3) is 0.222. The molecule has 0 aliphatic heterocycles. The minimum absolute atomic E-state index is 0.0108. The molecule has 0 saturated carbocycles. The molecule has 0 spiro atoms. The summed E-state index contributed by atoms with van der Waals surface area (Å²) in [5.41, 5.74) is 4.86. The van der Waals surface area contributed by atoms with Crippen molar-refractivity contribution in [2.45, 2.75) is 43.7 Å². The number of anilines is 1. The van der Waals surface area contributed by atoms with E-state index in [0.717, 1.165) is 47.3 Å². The molecule has 0 atom stereocenters. The summed E-state index contributed by atoms with van der Waals surface area (Å²) in [4.78, 5) is 19.8. The second-order valence-corrected chi connectivity index (χ2v) is 11.7. The van der Waals surface area contributed by atoms with Gasteiger partial charge in [0.05, 0.1) is 23.5 Å². The molecule has 190 valence electrons. The van der Waals surface area contributed by atoms with E-state index in [0.29, 0.717) is 22.8 Å². The first kappa shape index (κ1) is 24.9. The van der Waals surface area contributed by atoms with Gasteiger partial charge in [-0.1, -0.05) is 18.2 Å². The Labute approximate surface area is 219 Å². The molecule has 2 heterocycles. The fourth-order valence-corrected chi connectivity index (χ4v) is 6.86. The number of thiazole rings is 1. The lowest BCUT2D eigenvalue weighted by molar-refractivity contribution is 0.0697. The fourth-order valence-electron chi connectivity index (χ4n) is 4.29. The van der Waals surface area contributed by atoms with Crippen molar-refractivity contribution in [3.63, 3.8) is 0 Å². The van der Waals surface area contributed by atoms with Gasteiger partial charge in [0.25, 0.3) is 10.0 Å². The van der Waals surface area contributed by atoms with Gasteiger partial charge in [-0.25, -0.2) is 9.78 Å². The number of fused-ring (bicyclic) bond motifs is 1. The maximum Gasteiger partial charge on any atom is 0.335 e. The van der Waals surface area contributed by atoms with Crippen LogP contribution in [0, 0.1) is 6.92 Å². The molecule has 0 fully saturated rings. The zero-order valence-electron chi connectivity index (χ0n) is 20.1. The summed E-state index contributed by atoms with van der Waals surface area (Å²) < 4.78 is 35.4. The van der Waals surface area contributed by atoms with Gasteiger partial charge in [0.1, 0.15) is 12.4 Å². The number of nitrogens with zero attached hydrogens (tertiary/aromatic N) is 3. The van der Waals surface area contributed by atoms with Crippen molar-refractivity contribution < 1.29 is 23.1 Å². The smallest absolute Gasteiger partial charge is 0.335 e. The van der Waals surface area contributed by atoms with Crippen LogP contribution in [0.1, 0.15) is 44.9 Å². The van der Waals surface area contributed by atoms with Crippen molar-refractivity contribution in [3.8, 4) is 5.75 Å². The first-order valence-electron chi connectivity index (χ1n) is 11.8. The predicted octanol–water partition coefficient (Wildman–Crippen LogP) is 5.01. The minimum atomic E-state index is -4.01. The lowest BCUT2D eigenvalue weighted by Gasteiger charge is -2.26. The number of ether oxygens (including phenoxy) is 1. The molecular weight excluding hydrogens is 510 g/mol. The maximum atomic E-state index is 13.9. The standard InChI is InChI=1S/C27H25N3O5S2/c1-18-17-36-27(29-18)37(33,34)30(15-23-7-2-3-12-28-23)24-13-21-5-4-6-22(21)14-25(24)35-16-19-8-10-20(11-9-19)26(31)32/h2-3,7-14,17H,4-6,15-16H2,1H3,(H,31,32). The van der Waals surface area contributed by atoms with Crippen LogP contribution in [0.5, 0.6) is 5.75 Å². The van der Waals surface area contributed by atoms with E-state index in [9.17, 15) is 13.2 Å². The molecule has 2 aromatic heterocycles. The number of benzene rings is 2. The van der Waals surface area contributed by atoms with Crippen LogP contribution in [0.2, 0.25) is 0 Å². The molecule has 1 N–H and O–H groups in total. The van der Waals surface area contributed by atoms with E-state index in [2.05, 4.69) is 9.97 Å². The zero-order valence-corrected chi connectivity index (χ0v) is 21.8. The number of sulfonamides is 1. The SMILES string of the molecule is Cc1csc(S(=O)(=O)N(Cc2ccccn2)c2cc3c(cc2OCc2ccc(C(=O)O)cc2)CCC3)n1. The number of carboxylic acids is 1. The molecule has 5 rings (SSSR count). The summed E-state index contributed by atoms with van der Waals surface area (Å²) in [5.74, 6) is -0.558. The van der Waals surface area contributed by atoms with Gasteiger partial charge in [-0.3, -0.25) is 9.29 Å². The van der Waals surface area contributed by atoms with Gasteiger partial charge in [0.15, 0.2) is 0 Å². The molecule has 8 nitrogen and oxygen atoms in total. The number of hydrogen-bond acceptors (Lipinski definition) is 7. The Kier molecular flexibility index (Phi) is 6.94. The Hall–Kier alpha value is -3.76. The van der Waals surface area contributed by atoms with Crippen LogP contribution in [-0.2, 0) is 36.0 Å². The Morgan fingerprint density at radius 1 is 1.11 bits per heavy atom. The van der Waals surface area contributed by atoms with Gasteiger partial charge in [0, 0.05) is 17.3 Å². The highest BCUT2D eigenvalue weighted by Crippen LogP contribution is 2.39. The Balaban J connectivity index is 1.56. The number of carbonyl (C=O) groups is 1. The molecule has 10 heteroatoms. The van der Waals surface area contributed by atoms with E-state index in [1.165, 1.54) is 16.4 Å². The normalized spacial score (nSPS) is 12.8. The van der Waals surface area contributed by atoms with E-state index >= 15 is 0 Å². The lowest BCUT2D eigenvalue weighted by atomic mass is 10.1. The van der Waals surface area contributed by atoms with Crippen molar-refractivity contribution in [2.75, 3.05) is 4.31 Å². The number of carboxylic acid groups (broad SMARTS) is 1. The van der Waals surface area contributed by atoms with Gasteiger partial charge in [0.2, 0.25) is 4.34 Å². The number of pyridine rings is 1. The van der Waals surface area contributed by atoms with Gasteiger partial charge in [-0.15, -0.1) is 11.3 Å². The van der Waals surface area contributed by atoms with Gasteiger partial charge in [-0.2, -0.15) is 8.42 Å². The number of aryl methyl sites for hydroxylation is 3. The molecule has 0 bridgehead atoms. The Morgan fingerprint density at radius 2 is 1.86 bits per heavy atom. The van der Waals surface area contributed by atoms with Crippen LogP contribution in [0.3, 0.4) is 0 Å². The molecular formula is C27H25N3O5S2. The third-order valence-corrected chi connectivity index (χ3v) is 9.29. The highest BCUT2D eigenvalue weighted by molar-refractivity contribution is 7.94. The second kappa shape index (κ2) is 10.3. The Morgan fingerprint density at radius 3 is 2.51 bits per heavy atom. The maximum absolute atomic E-state index is 13.9. The van der Waals surface area contributed by atoms with Crippen molar-refractivity contribution in [2.24, 2.45) is 0 Å². The number of aromatic nitrogens is 2. The van der Waals surface area contributed by atoms with E-state index < -0.39 is 16.0 Å². The minimum Gasteiger partial charge on any atom is -0.487 e. The average Bonchev–Trinajstić information content (AvgIpc) is 3.55. The van der Waals surface area contributed by atoms with Crippen molar-refractivity contribution in [3.05, 3.63) is 99.8 Å². The summed E-state index contributed by atoms with van der Waals surface area (Å²) >= 11 is 1.09. The Bertz CT molecular complexity index is 1530. The molecule has 2 aromatic carbocycles. The molecule has 0 unspecified atom stereocenters. The lowest BCUT2D eigenvalue weighted by Crippen LogP contribution is -2.31. The molecule has 1 aliphatic carbocycles. The van der Waals surface area contributed by atoms with Crippen LogP contribution >= 0.6 is 11.3 Å². The monoisotopic (exact) mass is 535 g/mol. The summed E-state index contributed by atoms with van der Waals surface area (Å²) in [7, 11) is -4.01. The molecule has 4 aromatic rings. The van der Waals surface area contributed by atoms with Gasteiger partial charge in [-0.05, 0) is 79.3 Å². The third kappa shape index (κ3) is 5.35. The molecule has 1 aliphatic rings. The van der Waals surface area contributed by atoms with Gasteiger partial charge >= 0.3 is 5.97 Å². The second-order valence-electron chi connectivity index (χ2n) is 8.82. The highest BCUT2D eigenvalue weighted by atomic mass is 32.2. The molecule has 37 heavy (non-hydrogen) atoms. The van der Waals surface area contributed by atoms with Crippen LogP contribution in [0.15, 0.2) is 70.5 Å². The van der Waals surface area contributed by atoms with Crippen LogP contribution in [0.4, 0.5) is 5.69 Å². The number of rotatable bonds is 9. The first-order chi connectivity index (χ1) is 17.8. The van der Waals surface area contributed by atoms with E-state index in [1.54, 1.807) is 42.8 Å². The van der Waals surface area contributed by atoms with Crippen LogP contribution in [-0.4, -0.2) is 29.5 Å². The summed E-state index contributed by atoms with van der Waals surface area (Å²) in [6.45, 7) is 1.93. The third-order valence-electron chi connectivity index (χ3n) is 6.18. The topological polar surface area (TPSA) is 110 Å². The van der Waals surface area contributed by atoms with E-state index in [-0.39, 0.29) is 23.1 Å². The summed E-state index contributed by atoms with van der Waals surface area (Å²) in [5, 5.41) is 10.9. The first-order valence-corrected chi connectivity index (χ1v) is 14.1. The number of hydrogen-bond donors (Lipinski definition) is 1. The largest absolute Gasteiger partial charge is 0.487 e. The van der Waals surface area contributed by atoms with Crippen molar-refractivity contribution in [1.29, 1.82) is 0 Å². The van der Waals surface area contributed by atoms with Crippen molar-refractivity contribution >= 4 is 33.0 Å². The summed E-state index contributed by atoms with van der Waals surface area (Å²) in [6, 6.07) is 15.7. The predicted molar refractivity (Wildman–Crippen MR) is 141 cm³/mol. The number of aromatic carboxylic acids is 1. The van der Waals surface area contributed by atoms with Crippen LogP contribution < -0.4 is 9.04 Å². The summed E-state index contributed by atoms with van der Waals surface area (Å²) in [6.07, 6.45) is 4.40. The van der Waals surface area contributed by atoms with Crippen LogP contribution in [0.25, 0.3) is 0 Å². The zero-order chi connectivity index (χ0) is 26.0. The molecule has 0 amide bonds. The van der Waals surface area contributed by atoms with E-state index in [1.807, 2.05) is 18.2 Å². The molecule has 0 saturated heterocycles. The van der Waals surface area contributed by atoms with E-state index in [4.69, 9.17) is 9.84 Å². The van der Waals surface area contributed by atoms with Crippen molar-refractivity contribution in [1.82, 2.24) is 9.97 Å². The molecule has 0 radical (unpaired) electrons. The van der Waals surface area contributed by atoms with Gasteiger partial charge < -0.3 is 9.84 Å². The highest BCUT2D eigenvalue weighted by Gasteiger charge is 2.32. The average molecular weight is 536 g/mol. The quantitative estimate of drug-likeness (QED) is 0.321.